The molecule has 0 aromatic carbocycles. The van der Waals surface area contributed by atoms with Crippen molar-refractivity contribution in [2.45, 2.75) is 64.3 Å². The highest BCUT2D eigenvalue weighted by atomic mass is 35.5. The lowest BCUT2D eigenvalue weighted by Crippen LogP contribution is -2.43. The van der Waals surface area contributed by atoms with Gasteiger partial charge in [-0.3, -0.25) is 4.79 Å². The van der Waals surface area contributed by atoms with Crippen LogP contribution in [0.4, 0.5) is 4.79 Å². The van der Waals surface area contributed by atoms with Crippen LogP contribution >= 0.6 is 12.4 Å². The van der Waals surface area contributed by atoms with Gasteiger partial charge in [0.25, 0.3) is 0 Å². The van der Waals surface area contributed by atoms with Gasteiger partial charge in [-0.1, -0.05) is 26.2 Å². The van der Waals surface area contributed by atoms with Crippen molar-refractivity contribution in [1.29, 1.82) is 0 Å². The number of hydrogen-bond donors (Lipinski definition) is 4. The highest BCUT2D eigenvalue weighted by molar-refractivity contribution is 5.85. The maximum absolute atomic E-state index is 11.7. The molecule has 0 spiro atoms. The fraction of sp³-hybridized carbons (Fsp3) is 0.875. The lowest BCUT2D eigenvalue weighted by Gasteiger charge is -2.22. The first-order valence-electron chi connectivity index (χ1n) is 8.74. The Hall–Kier alpha value is -1.01. The molecule has 6 nitrogen and oxygen atoms in total. The molecule has 0 heterocycles. The summed E-state index contributed by atoms with van der Waals surface area (Å²) in [7, 11) is 0. The average molecular weight is 349 g/mol. The number of rotatable bonds is 10. The molecule has 0 unspecified atom stereocenters. The SMILES string of the molecule is CCCNCCNC(=O)CCCNC(=O)NC1CCCCC1.Cl. The summed E-state index contributed by atoms with van der Waals surface area (Å²) in [4.78, 5) is 23.3. The highest BCUT2D eigenvalue weighted by Gasteiger charge is 2.15. The summed E-state index contributed by atoms with van der Waals surface area (Å²) < 4.78 is 0. The van der Waals surface area contributed by atoms with E-state index in [0.29, 0.717) is 32.0 Å². The molecule has 1 rings (SSSR count). The molecule has 0 radical (unpaired) electrons. The van der Waals surface area contributed by atoms with Gasteiger partial charge in [0.15, 0.2) is 0 Å². The number of urea groups is 1. The zero-order chi connectivity index (χ0) is 16.0. The Morgan fingerprint density at radius 1 is 0.957 bits per heavy atom. The molecule has 1 aliphatic rings. The van der Waals surface area contributed by atoms with Gasteiger partial charge in [-0.2, -0.15) is 0 Å². The van der Waals surface area contributed by atoms with E-state index in [1.54, 1.807) is 0 Å². The molecule has 1 aliphatic carbocycles. The quantitative estimate of drug-likeness (QED) is 0.455. The third-order valence-corrected chi connectivity index (χ3v) is 3.86. The topological polar surface area (TPSA) is 82.3 Å². The molecule has 136 valence electrons. The van der Waals surface area contributed by atoms with E-state index >= 15 is 0 Å². The van der Waals surface area contributed by atoms with Crippen LogP contribution in [0.3, 0.4) is 0 Å². The second-order valence-electron chi connectivity index (χ2n) is 5.94. The van der Waals surface area contributed by atoms with Gasteiger partial charge in [-0.15, -0.1) is 12.4 Å². The fourth-order valence-electron chi connectivity index (χ4n) is 2.61. The second-order valence-corrected chi connectivity index (χ2v) is 5.94. The molecule has 0 atom stereocenters. The molecule has 1 saturated carbocycles. The Morgan fingerprint density at radius 2 is 1.70 bits per heavy atom. The summed E-state index contributed by atoms with van der Waals surface area (Å²) in [5.74, 6) is 0.0489. The molecule has 0 saturated heterocycles. The predicted octanol–water partition coefficient (Wildman–Crippen LogP) is 1.94. The second kappa shape index (κ2) is 14.6. The van der Waals surface area contributed by atoms with Crippen LogP contribution in [0.15, 0.2) is 0 Å². The maximum atomic E-state index is 11.7. The van der Waals surface area contributed by atoms with Crippen molar-refractivity contribution in [3.05, 3.63) is 0 Å². The third kappa shape index (κ3) is 12.1. The van der Waals surface area contributed by atoms with Gasteiger partial charge in [0, 0.05) is 32.1 Å². The summed E-state index contributed by atoms with van der Waals surface area (Å²) in [6, 6.07) is 0.226. The fourth-order valence-corrected chi connectivity index (χ4v) is 2.61. The number of carbonyl (C=O) groups is 2. The molecule has 4 N–H and O–H groups in total. The molecule has 0 bridgehead atoms. The van der Waals surface area contributed by atoms with Gasteiger partial charge in [-0.25, -0.2) is 4.79 Å². The monoisotopic (exact) mass is 348 g/mol. The Kier molecular flexibility index (Phi) is 13.9. The van der Waals surface area contributed by atoms with Crippen molar-refractivity contribution in [3.8, 4) is 0 Å². The van der Waals surface area contributed by atoms with Gasteiger partial charge in [0.2, 0.25) is 5.91 Å². The number of carbonyl (C=O) groups excluding carboxylic acids is 2. The molecule has 0 aromatic rings. The van der Waals surface area contributed by atoms with Gasteiger partial charge in [0.05, 0.1) is 0 Å². The van der Waals surface area contributed by atoms with Crippen LogP contribution in [0.1, 0.15) is 58.3 Å². The molecule has 0 aliphatic heterocycles. The zero-order valence-corrected chi connectivity index (χ0v) is 15.1. The third-order valence-electron chi connectivity index (χ3n) is 3.86. The lowest BCUT2D eigenvalue weighted by atomic mass is 9.96. The minimum Gasteiger partial charge on any atom is -0.355 e. The molecule has 3 amide bonds. The lowest BCUT2D eigenvalue weighted by molar-refractivity contribution is -0.121. The Morgan fingerprint density at radius 3 is 2.39 bits per heavy atom. The van der Waals surface area contributed by atoms with Crippen LogP contribution in [0.5, 0.6) is 0 Å². The van der Waals surface area contributed by atoms with E-state index in [-0.39, 0.29) is 24.3 Å². The van der Waals surface area contributed by atoms with E-state index in [0.717, 1.165) is 32.4 Å². The largest absolute Gasteiger partial charge is 0.355 e. The van der Waals surface area contributed by atoms with Crippen molar-refractivity contribution < 1.29 is 9.59 Å². The minimum atomic E-state index is -0.101. The first-order valence-corrected chi connectivity index (χ1v) is 8.74. The van der Waals surface area contributed by atoms with E-state index in [1.807, 2.05) is 0 Å². The average Bonchev–Trinajstić information content (AvgIpc) is 2.52. The highest BCUT2D eigenvalue weighted by Crippen LogP contribution is 2.17. The van der Waals surface area contributed by atoms with Crippen molar-refractivity contribution in [2.75, 3.05) is 26.2 Å². The first kappa shape index (κ1) is 22.0. The van der Waals surface area contributed by atoms with Crippen molar-refractivity contribution in [2.24, 2.45) is 0 Å². The zero-order valence-electron chi connectivity index (χ0n) is 14.3. The van der Waals surface area contributed by atoms with Gasteiger partial charge >= 0.3 is 6.03 Å². The molecule has 23 heavy (non-hydrogen) atoms. The Bertz CT molecular complexity index is 323. The van der Waals surface area contributed by atoms with Crippen LogP contribution in [0.25, 0.3) is 0 Å². The number of halogens is 1. The van der Waals surface area contributed by atoms with Crippen LogP contribution in [0, 0.1) is 0 Å². The summed E-state index contributed by atoms with van der Waals surface area (Å²) in [5.41, 5.74) is 0. The smallest absolute Gasteiger partial charge is 0.315 e. The maximum Gasteiger partial charge on any atom is 0.315 e. The number of amides is 3. The van der Waals surface area contributed by atoms with E-state index in [9.17, 15) is 9.59 Å². The summed E-state index contributed by atoms with van der Waals surface area (Å²) >= 11 is 0. The predicted molar refractivity (Wildman–Crippen MR) is 96.1 cm³/mol. The Balaban J connectivity index is 0.00000484. The van der Waals surface area contributed by atoms with Gasteiger partial charge < -0.3 is 21.3 Å². The van der Waals surface area contributed by atoms with E-state index in [1.165, 1.54) is 19.3 Å². The van der Waals surface area contributed by atoms with Gasteiger partial charge in [0.1, 0.15) is 0 Å². The summed E-state index contributed by atoms with van der Waals surface area (Å²) in [6.07, 6.45) is 8.09. The number of nitrogens with one attached hydrogen (secondary N) is 4. The molecule has 7 heteroatoms. The Labute approximate surface area is 146 Å². The molecular weight excluding hydrogens is 316 g/mol. The standard InChI is InChI=1S/C16H32N4O2.ClH/c1-2-10-17-12-13-18-15(21)9-6-11-19-16(22)20-14-7-4-3-5-8-14;/h14,17H,2-13H2,1H3,(H,18,21)(H2,19,20,22);1H. The molecular formula is C16H33ClN4O2. The molecule has 0 aromatic heterocycles. The van der Waals surface area contributed by atoms with Crippen LogP contribution < -0.4 is 21.3 Å². The first-order chi connectivity index (χ1) is 10.7. The van der Waals surface area contributed by atoms with Crippen LogP contribution in [-0.4, -0.2) is 44.2 Å². The van der Waals surface area contributed by atoms with Crippen LogP contribution in [-0.2, 0) is 4.79 Å². The number of hydrogen-bond acceptors (Lipinski definition) is 3. The summed E-state index contributed by atoms with van der Waals surface area (Å²) in [5, 5.41) is 11.9. The van der Waals surface area contributed by atoms with E-state index in [4.69, 9.17) is 0 Å². The van der Waals surface area contributed by atoms with Gasteiger partial charge in [-0.05, 0) is 32.2 Å². The molecule has 1 fully saturated rings. The van der Waals surface area contributed by atoms with Crippen molar-refractivity contribution in [1.82, 2.24) is 21.3 Å². The van der Waals surface area contributed by atoms with Crippen molar-refractivity contribution >= 4 is 24.3 Å². The summed E-state index contributed by atoms with van der Waals surface area (Å²) in [6.45, 7) is 5.11. The van der Waals surface area contributed by atoms with Crippen molar-refractivity contribution in [3.63, 3.8) is 0 Å². The normalized spacial score (nSPS) is 14.7. The minimum absolute atomic E-state index is 0. The van der Waals surface area contributed by atoms with Crippen LogP contribution in [0.2, 0.25) is 0 Å². The van der Waals surface area contributed by atoms with E-state index in [2.05, 4.69) is 28.2 Å². The van der Waals surface area contributed by atoms with E-state index < -0.39 is 0 Å².